The predicted molar refractivity (Wildman–Crippen MR) is 84.5 cm³/mol. The predicted octanol–water partition coefficient (Wildman–Crippen LogP) is 1.87. The van der Waals surface area contributed by atoms with Crippen LogP contribution in [0.2, 0.25) is 0 Å². The molecule has 2 aromatic heterocycles. The van der Waals surface area contributed by atoms with Crippen LogP contribution in [-0.2, 0) is 16.4 Å². The van der Waals surface area contributed by atoms with Crippen molar-refractivity contribution in [1.82, 2.24) is 9.55 Å². The number of nitrogens with zero attached hydrogens (tertiary/aromatic N) is 2. The van der Waals surface area contributed by atoms with E-state index in [1.165, 1.54) is 4.57 Å². The molecule has 0 amide bonds. The number of fused-ring (bicyclic) bond motifs is 1. The van der Waals surface area contributed by atoms with Crippen LogP contribution in [0.5, 0.6) is 0 Å². The Balaban J connectivity index is 1.89. The monoisotopic (exact) mass is 314 g/mol. The molecule has 0 radical (unpaired) electrons. The quantitative estimate of drug-likeness (QED) is 0.737. The topological polar surface area (TPSA) is 69.0 Å². The summed E-state index contributed by atoms with van der Waals surface area (Å²) in [6.07, 6.45) is 3.20. The van der Waals surface area contributed by atoms with Gasteiger partial charge < -0.3 is 4.57 Å². The van der Waals surface area contributed by atoms with Gasteiger partial charge in [-0.05, 0) is 30.3 Å². The zero-order valence-corrected chi connectivity index (χ0v) is 12.5. The first kappa shape index (κ1) is 14.5. The van der Waals surface area contributed by atoms with Crippen LogP contribution in [0.4, 0.5) is 0 Å². The number of hydrogen-bond acceptors (Lipinski definition) is 4. The molecule has 3 rings (SSSR count). The highest BCUT2D eigenvalue weighted by Crippen LogP contribution is 2.11. The molecule has 0 bridgehead atoms. The van der Waals surface area contributed by atoms with Crippen LogP contribution >= 0.6 is 0 Å². The number of sulfone groups is 1. The molecule has 0 aliphatic carbocycles. The molecule has 0 saturated heterocycles. The van der Waals surface area contributed by atoms with Crippen LogP contribution in [0.15, 0.2) is 70.6 Å². The van der Waals surface area contributed by atoms with Gasteiger partial charge in [0.1, 0.15) is 0 Å². The van der Waals surface area contributed by atoms with Crippen LogP contribution in [-0.4, -0.2) is 23.7 Å². The molecule has 0 aliphatic rings. The molecule has 0 aliphatic heterocycles. The minimum Gasteiger partial charge on any atom is -0.314 e. The van der Waals surface area contributed by atoms with Gasteiger partial charge in [0.25, 0.3) is 5.56 Å². The highest BCUT2D eigenvalue weighted by atomic mass is 32.2. The maximum Gasteiger partial charge on any atom is 0.260 e. The second kappa shape index (κ2) is 5.73. The number of pyridine rings is 2. The maximum atomic E-state index is 12.3. The Bertz CT molecular complexity index is 963. The number of aryl methyl sites for hydroxylation is 1. The van der Waals surface area contributed by atoms with Gasteiger partial charge in [-0.15, -0.1) is 0 Å². The Hall–Kier alpha value is -2.47. The Morgan fingerprint density at radius 3 is 2.55 bits per heavy atom. The molecule has 2 heterocycles. The highest BCUT2D eigenvalue weighted by molar-refractivity contribution is 7.91. The molecule has 5 nitrogen and oxygen atoms in total. The van der Waals surface area contributed by atoms with Gasteiger partial charge in [0.05, 0.1) is 21.6 Å². The molecule has 0 unspecified atom stereocenters. The number of hydrogen-bond donors (Lipinski definition) is 0. The minimum atomic E-state index is -3.40. The van der Waals surface area contributed by atoms with Crippen molar-refractivity contribution in [1.29, 1.82) is 0 Å². The summed E-state index contributed by atoms with van der Waals surface area (Å²) in [6, 6.07) is 13.3. The van der Waals surface area contributed by atoms with Crippen molar-refractivity contribution < 1.29 is 8.42 Å². The van der Waals surface area contributed by atoms with Crippen molar-refractivity contribution in [3.63, 3.8) is 0 Å². The normalized spacial score (nSPS) is 11.6. The molecule has 22 heavy (non-hydrogen) atoms. The lowest BCUT2D eigenvalue weighted by molar-refractivity contribution is 0.587. The first-order chi connectivity index (χ1) is 10.6. The zero-order valence-electron chi connectivity index (χ0n) is 11.7. The Morgan fingerprint density at radius 1 is 1.00 bits per heavy atom. The van der Waals surface area contributed by atoms with Crippen molar-refractivity contribution in [2.45, 2.75) is 11.4 Å². The summed E-state index contributed by atoms with van der Waals surface area (Å²) in [6.45, 7) is 0.112. The van der Waals surface area contributed by atoms with Crippen molar-refractivity contribution in [3.8, 4) is 0 Å². The third kappa shape index (κ3) is 2.78. The SMILES string of the molecule is O=c1c2cccnc2ccn1CCS(=O)(=O)c1ccccc1. The number of rotatable bonds is 4. The second-order valence-electron chi connectivity index (χ2n) is 4.88. The van der Waals surface area contributed by atoms with Crippen LogP contribution in [0.25, 0.3) is 10.9 Å². The lowest BCUT2D eigenvalue weighted by Gasteiger charge is -2.08. The molecular formula is C16H14N2O3S. The largest absolute Gasteiger partial charge is 0.314 e. The van der Waals surface area contributed by atoms with Gasteiger partial charge in [-0.3, -0.25) is 9.78 Å². The smallest absolute Gasteiger partial charge is 0.260 e. The van der Waals surface area contributed by atoms with Gasteiger partial charge in [-0.2, -0.15) is 0 Å². The lowest BCUT2D eigenvalue weighted by Crippen LogP contribution is -2.24. The van der Waals surface area contributed by atoms with Crippen LogP contribution in [0.3, 0.4) is 0 Å². The van der Waals surface area contributed by atoms with Crippen molar-refractivity contribution >= 4 is 20.7 Å². The molecule has 112 valence electrons. The summed E-state index contributed by atoms with van der Waals surface area (Å²) in [5.41, 5.74) is 0.378. The van der Waals surface area contributed by atoms with E-state index in [0.29, 0.717) is 10.9 Å². The highest BCUT2D eigenvalue weighted by Gasteiger charge is 2.14. The second-order valence-corrected chi connectivity index (χ2v) is 6.99. The average Bonchev–Trinajstić information content (AvgIpc) is 2.55. The van der Waals surface area contributed by atoms with E-state index < -0.39 is 9.84 Å². The molecule has 0 spiro atoms. The Morgan fingerprint density at radius 2 is 1.77 bits per heavy atom. The average molecular weight is 314 g/mol. The van der Waals surface area contributed by atoms with E-state index in [9.17, 15) is 13.2 Å². The zero-order chi connectivity index (χ0) is 15.6. The van der Waals surface area contributed by atoms with E-state index >= 15 is 0 Å². The van der Waals surface area contributed by atoms with Crippen LogP contribution in [0.1, 0.15) is 0 Å². The van der Waals surface area contributed by atoms with Gasteiger partial charge >= 0.3 is 0 Å². The third-order valence-electron chi connectivity index (χ3n) is 3.45. The first-order valence-corrected chi connectivity index (χ1v) is 8.45. The standard InChI is InChI=1S/C16H14N2O3S/c19-16-14-7-4-9-17-15(14)8-10-18(16)11-12-22(20,21)13-5-2-1-3-6-13/h1-10H,11-12H2. The molecule has 6 heteroatoms. The Labute approximate surface area is 127 Å². The summed E-state index contributed by atoms with van der Waals surface area (Å²) in [7, 11) is -3.40. The molecule has 0 saturated carbocycles. The third-order valence-corrected chi connectivity index (χ3v) is 5.16. The van der Waals surface area contributed by atoms with Crippen molar-refractivity contribution in [3.05, 3.63) is 71.3 Å². The van der Waals surface area contributed by atoms with E-state index in [4.69, 9.17) is 0 Å². The Kier molecular flexibility index (Phi) is 3.77. The first-order valence-electron chi connectivity index (χ1n) is 6.80. The van der Waals surface area contributed by atoms with Gasteiger partial charge in [0.15, 0.2) is 9.84 Å². The van der Waals surface area contributed by atoms with Gasteiger partial charge in [-0.1, -0.05) is 18.2 Å². The lowest BCUT2D eigenvalue weighted by atomic mass is 10.2. The van der Waals surface area contributed by atoms with Gasteiger partial charge in [-0.25, -0.2) is 8.42 Å². The fourth-order valence-corrected chi connectivity index (χ4v) is 3.50. The van der Waals surface area contributed by atoms with Crippen molar-refractivity contribution in [2.24, 2.45) is 0 Å². The molecule has 0 fully saturated rings. The van der Waals surface area contributed by atoms with E-state index in [0.717, 1.165) is 0 Å². The molecular weight excluding hydrogens is 300 g/mol. The minimum absolute atomic E-state index is 0.112. The summed E-state index contributed by atoms with van der Waals surface area (Å²) in [5.74, 6) is -0.122. The molecule has 1 aromatic carbocycles. The maximum absolute atomic E-state index is 12.3. The number of benzene rings is 1. The summed E-state index contributed by atoms with van der Waals surface area (Å²) in [4.78, 5) is 16.7. The van der Waals surface area contributed by atoms with E-state index in [-0.39, 0.29) is 22.8 Å². The summed E-state index contributed by atoms with van der Waals surface area (Å²) < 4.78 is 25.9. The molecule has 0 atom stereocenters. The van der Waals surface area contributed by atoms with E-state index in [1.54, 1.807) is 60.9 Å². The summed E-state index contributed by atoms with van der Waals surface area (Å²) >= 11 is 0. The number of aromatic nitrogens is 2. The van der Waals surface area contributed by atoms with Gasteiger partial charge in [0.2, 0.25) is 0 Å². The van der Waals surface area contributed by atoms with Crippen LogP contribution in [0, 0.1) is 0 Å². The van der Waals surface area contributed by atoms with E-state index in [2.05, 4.69) is 4.98 Å². The molecule has 0 N–H and O–H groups in total. The van der Waals surface area contributed by atoms with Crippen LogP contribution < -0.4 is 5.56 Å². The molecule has 3 aromatic rings. The fraction of sp³-hybridized carbons (Fsp3) is 0.125. The van der Waals surface area contributed by atoms with E-state index in [1.807, 2.05) is 0 Å². The van der Waals surface area contributed by atoms with Gasteiger partial charge in [0, 0.05) is 18.9 Å². The van der Waals surface area contributed by atoms with Crippen molar-refractivity contribution in [2.75, 3.05) is 5.75 Å². The summed E-state index contributed by atoms with van der Waals surface area (Å²) in [5, 5.41) is 0.488. The fourth-order valence-electron chi connectivity index (χ4n) is 2.25.